The molecule has 8 rings (SSSR count). The van der Waals surface area contributed by atoms with Crippen LogP contribution in [-0.4, -0.2) is 23.3 Å². The summed E-state index contributed by atoms with van der Waals surface area (Å²) in [5, 5.41) is 0. The van der Waals surface area contributed by atoms with E-state index in [0.717, 1.165) is 40.5 Å². The fourth-order valence-electron chi connectivity index (χ4n) is 7.06. The van der Waals surface area contributed by atoms with Crippen molar-refractivity contribution in [1.29, 1.82) is 0 Å². The molecular formula is C38H34BNO3. The fraction of sp³-hybridized carbons (Fsp3) is 0.237. The highest BCUT2D eigenvalue weighted by Gasteiger charge is 2.54. The topological polar surface area (TPSA) is 44.5 Å². The molecule has 0 N–H and O–H groups in total. The summed E-state index contributed by atoms with van der Waals surface area (Å²) in [4.78, 5) is 4.99. The van der Waals surface area contributed by atoms with Crippen molar-refractivity contribution in [3.8, 4) is 11.1 Å². The maximum atomic E-state index is 6.63. The van der Waals surface area contributed by atoms with Gasteiger partial charge in [-0.3, -0.25) is 0 Å². The molecule has 2 heterocycles. The summed E-state index contributed by atoms with van der Waals surface area (Å²) in [5.41, 5.74) is 9.50. The number of rotatable bonds is 4. The van der Waals surface area contributed by atoms with Crippen LogP contribution in [0.4, 0.5) is 0 Å². The molecule has 0 amide bonds. The summed E-state index contributed by atoms with van der Waals surface area (Å²) in [5.74, 6) is 0.673. The lowest BCUT2D eigenvalue weighted by Gasteiger charge is -2.34. The molecule has 0 radical (unpaired) electrons. The number of hydrogen-bond acceptors (Lipinski definition) is 4. The van der Waals surface area contributed by atoms with Crippen LogP contribution < -0.4 is 5.46 Å². The number of benzene rings is 4. The van der Waals surface area contributed by atoms with Gasteiger partial charge in [-0.2, -0.15) is 0 Å². The Labute approximate surface area is 253 Å². The number of hydrogen-bond donors (Lipinski definition) is 0. The predicted octanol–water partition coefficient (Wildman–Crippen LogP) is 8.22. The van der Waals surface area contributed by atoms with Crippen LogP contribution in [0.5, 0.6) is 0 Å². The first-order valence-corrected chi connectivity index (χ1v) is 15.2. The van der Waals surface area contributed by atoms with Crippen molar-refractivity contribution in [3.05, 3.63) is 137 Å². The first-order chi connectivity index (χ1) is 20.8. The van der Waals surface area contributed by atoms with Crippen LogP contribution in [-0.2, 0) is 14.7 Å². The van der Waals surface area contributed by atoms with Crippen LogP contribution in [0.3, 0.4) is 0 Å². The van der Waals surface area contributed by atoms with Crippen LogP contribution in [0, 0.1) is 0 Å². The average Bonchev–Trinajstić information content (AvgIpc) is 3.65. The normalized spacial score (nSPS) is 21.6. The Morgan fingerprint density at radius 1 is 0.721 bits per heavy atom. The highest BCUT2D eigenvalue weighted by Crippen LogP contribution is 2.56. The molecule has 43 heavy (non-hydrogen) atoms. The lowest BCUT2D eigenvalue weighted by Crippen LogP contribution is -2.41. The van der Waals surface area contributed by atoms with E-state index < -0.39 is 23.7 Å². The Balaban J connectivity index is 1.39. The van der Waals surface area contributed by atoms with Crippen molar-refractivity contribution < 1.29 is 13.7 Å². The maximum Gasteiger partial charge on any atom is 0.495 e. The molecule has 0 bridgehead atoms. The van der Waals surface area contributed by atoms with Gasteiger partial charge in [-0.05, 0) is 91.5 Å². The SMILES string of the molecule is CC1(C)OB(c2cccc3c2-c2ccccc2C3(c2ccccc2)c2ccc3oc(C4=CCCC=C4)nc3c2)OC1(C)C. The fourth-order valence-corrected chi connectivity index (χ4v) is 7.06. The third-order valence-corrected chi connectivity index (χ3v) is 9.88. The molecule has 3 aliphatic rings. The van der Waals surface area contributed by atoms with E-state index in [0.29, 0.717) is 5.89 Å². The van der Waals surface area contributed by atoms with E-state index in [9.17, 15) is 0 Å². The predicted molar refractivity (Wildman–Crippen MR) is 173 cm³/mol. The number of aromatic nitrogens is 1. The minimum Gasteiger partial charge on any atom is -0.436 e. The molecule has 1 fully saturated rings. The molecule has 5 aromatic rings. The van der Waals surface area contributed by atoms with Gasteiger partial charge in [0.05, 0.1) is 16.6 Å². The second kappa shape index (κ2) is 9.41. The molecule has 0 spiro atoms. The molecule has 1 saturated heterocycles. The van der Waals surface area contributed by atoms with Crippen molar-refractivity contribution in [1.82, 2.24) is 4.98 Å². The Morgan fingerprint density at radius 3 is 2.23 bits per heavy atom. The van der Waals surface area contributed by atoms with E-state index in [-0.39, 0.29) is 0 Å². The lowest BCUT2D eigenvalue weighted by molar-refractivity contribution is 0.00578. The van der Waals surface area contributed by atoms with Gasteiger partial charge in [0.2, 0.25) is 5.89 Å². The van der Waals surface area contributed by atoms with Gasteiger partial charge in [-0.25, -0.2) is 4.98 Å². The summed E-state index contributed by atoms with van der Waals surface area (Å²) >= 11 is 0. The molecule has 4 nitrogen and oxygen atoms in total. The zero-order valence-electron chi connectivity index (χ0n) is 25.1. The van der Waals surface area contributed by atoms with Crippen molar-refractivity contribution >= 4 is 29.3 Å². The second-order valence-electron chi connectivity index (χ2n) is 12.9. The molecule has 0 saturated carbocycles. The quantitative estimate of drug-likeness (QED) is 0.203. The molecule has 212 valence electrons. The number of nitrogens with zero attached hydrogens (tertiary/aromatic N) is 1. The Hall–Kier alpha value is -4.19. The van der Waals surface area contributed by atoms with E-state index >= 15 is 0 Å². The standard InChI is InChI=1S/C38H34BNO3/c1-36(2)37(3,4)43-39(42-36)31-21-13-20-30-34(31)28-18-11-12-19-29(28)38(30,26-16-9-6-10-17-26)27-22-23-33-32(24-27)40-35(41-33)25-14-7-5-8-15-25/h6-7,9-24H,5,8H2,1-4H3. The highest BCUT2D eigenvalue weighted by molar-refractivity contribution is 6.64. The smallest absolute Gasteiger partial charge is 0.436 e. The molecule has 5 heteroatoms. The lowest BCUT2D eigenvalue weighted by atomic mass is 9.66. The van der Waals surface area contributed by atoms with Gasteiger partial charge < -0.3 is 13.7 Å². The van der Waals surface area contributed by atoms with E-state index in [4.69, 9.17) is 18.7 Å². The molecule has 1 aromatic heterocycles. The van der Waals surface area contributed by atoms with Crippen LogP contribution in [0.2, 0.25) is 0 Å². The van der Waals surface area contributed by atoms with Crippen LogP contribution in [0.1, 0.15) is 68.7 Å². The Bertz CT molecular complexity index is 1930. The van der Waals surface area contributed by atoms with Gasteiger partial charge in [-0.1, -0.05) is 97.1 Å². The Morgan fingerprint density at radius 2 is 1.47 bits per heavy atom. The number of oxazole rings is 1. The summed E-state index contributed by atoms with van der Waals surface area (Å²) in [7, 11) is -0.475. The molecular weight excluding hydrogens is 529 g/mol. The van der Waals surface area contributed by atoms with Gasteiger partial charge in [0.1, 0.15) is 5.52 Å². The number of allylic oxidation sites excluding steroid dienone is 4. The van der Waals surface area contributed by atoms with Crippen molar-refractivity contribution in [2.45, 2.75) is 57.2 Å². The second-order valence-corrected chi connectivity index (χ2v) is 12.9. The maximum absolute atomic E-state index is 6.63. The van der Waals surface area contributed by atoms with E-state index in [1.54, 1.807) is 0 Å². The zero-order chi connectivity index (χ0) is 29.4. The summed E-state index contributed by atoms with van der Waals surface area (Å²) < 4.78 is 19.5. The molecule has 4 aromatic carbocycles. The molecule has 1 aliphatic heterocycles. The summed E-state index contributed by atoms with van der Waals surface area (Å²) in [6, 6.07) is 32.7. The average molecular weight is 564 g/mol. The van der Waals surface area contributed by atoms with Crippen molar-refractivity contribution in [2.24, 2.45) is 0 Å². The van der Waals surface area contributed by atoms with E-state index in [1.807, 2.05) is 0 Å². The minimum absolute atomic E-state index is 0.437. The van der Waals surface area contributed by atoms with E-state index in [2.05, 4.69) is 137 Å². The monoisotopic (exact) mass is 563 g/mol. The van der Waals surface area contributed by atoms with Crippen LogP contribution in [0.25, 0.3) is 27.8 Å². The molecule has 2 aliphatic carbocycles. The van der Waals surface area contributed by atoms with Gasteiger partial charge >= 0.3 is 7.12 Å². The largest absolute Gasteiger partial charge is 0.495 e. The van der Waals surface area contributed by atoms with Crippen molar-refractivity contribution in [3.63, 3.8) is 0 Å². The third-order valence-electron chi connectivity index (χ3n) is 9.88. The summed E-state index contributed by atoms with van der Waals surface area (Å²) in [6.45, 7) is 8.44. The first kappa shape index (κ1) is 26.4. The van der Waals surface area contributed by atoms with Crippen LogP contribution in [0.15, 0.2) is 114 Å². The first-order valence-electron chi connectivity index (χ1n) is 15.2. The van der Waals surface area contributed by atoms with E-state index in [1.165, 1.54) is 27.8 Å². The van der Waals surface area contributed by atoms with Gasteiger partial charge in [0.15, 0.2) is 5.58 Å². The zero-order valence-corrected chi connectivity index (χ0v) is 25.1. The summed E-state index contributed by atoms with van der Waals surface area (Å²) in [6.07, 6.45) is 8.56. The van der Waals surface area contributed by atoms with Crippen molar-refractivity contribution in [2.75, 3.05) is 0 Å². The van der Waals surface area contributed by atoms with Gasteiger partial charge in [-0.15, -0.1) is 0 Å². The van der Waals surface area contributed by atoms with Crippen LogP contribution >= 0.6 is 0 Å². The van der Waals surface area contributed by atoms with Gasteiger partial charge in [0.25, 0.3) is 0 Å². The Kier molecular flexibility index (Phi) is 5.78. The molecule has 1 atom stereocenters. The van der Waals surface area contributed by atoms with Gasteiger partial charge in [0, 0.05) is 5.57 Å². The third kappa shape index (κ3) is 3.81. The highest BCUT2D eigenvalue weighted by atomic mass is 16.7. The minimum atomic E-state index is -0.565. The number of fused-ring (bicyclic) bond motifs is 4. The molecule has 1 unspecified atom stereocenters.